The second-order valence-electron chi connectivity index (χ2n) is 4.55. The van der Waals surface area contributed by atoms with E-state index in [4.69, 9.17) is 9.47 Å². The molecule has 0 radical (unpaired) electrons. The predicted molar refractivity (Wildman–Crippen MR) is 66.7 cm³/mol. The van der Waals surface area contributed by atoms with Crippen molar-refractivity contribution >= 4 is 5.97 Å². The Labute approximate surface area is 107 Å². The van der Waals surface area contributed by atoms with Crippen LogP contribution in [-0.2, 0) is 4.74 Å². The molecular formula is C14H18O4. The van der Waals surface area contributed by atoms with E-state index in [2.05, 4.69) is 0 Å². The van der Waals surface area contributed by atoms with Crippen molar-refractivity contribution < 1.29 is 19.4 Å². The van der Waals surface area contributed by atoms with Crippen LogP contribution in [0.2, 0.25) is 0 Å². The highest BCUT2D eigenvalue weighted by molar-refractivity contribution is 5.92. The molecule has 1 aromatic carbocycles. The number of esters is 1. The summed E-state index contributed by atoms with van der Waals surface area (Å²) in [7, 11) is 1.35. The number of benzene rings is 1. The minimum absolute atomic E-state index is 0.0282. The molecule has 2 atom stereocenters. The van der Waals surface area contributed by atoms with Gasteiger partial charge in [-0.05, 0) is 31.4 Å². The van der Waals surface area contributed by atoms with Crippen LogP contribution in [0.3, 0.4) is 0 Å². The lowest BCUT2D eigenvalue weighted by Gasteiger charge is -2.27. The molecule has 1 fully saturated rings. The molecule has 0 aromatic heterocycles. The number of hydrogen-bond donors (Lipinski definition) is 1. The lowest BCUT2D eigenvalue weighted by Crippen LogP contribution is -2.28. The van der Waals surface area contributed by atoms with Gasteiger partial charge in [0, 0.05) is 6.42 Å². The van der Waals surface area contributed by atoms with Crippen LogP contribution in [0.4, 0.5) is 0 Å². The molecule has 4 nitrogen and oxygen atoms in total. The molecule has 0 aliphatic heterocycles. The van der Waals surface area contributed by atoms with Crippen LogP contribution in [0.15, 0.2) is 24.3 Å². The first-order chi connectivity index (χ1) is 8.70. The quantitative estimate of drug-likeness (QED) is 0.835. The van der Waals surface area contributed by atoms with Crippen molar-refractivity contribution in [3.8, 4) is 5.75 Å². The van der Waals surface area contributed by atoms with Gasteiger partial charge in [0.1, 0.15) is 17.4 Å². The fourth-order valence-corrected chi connectivity index (χ4v) is 2.25. The Bertz CT molecular complexity index is 416. The number of aliphatic hydroxyl groups is 1. The number of ether oxygens (including phenoxy) is 2. The first-order valence-corrected chi connectivity index (χ1v) is 6.22. The molecule has 0 amide bonds. The molecule has 1 aliphatic rings. The summed E-state index contributed by atoms with van der Waals surface area (Å²) in [5, 5.41) is 9.61. The summed E-state index contributed by atoms with van der Waals surface area (Å²) >= 11 is 0. The molecule has 1 saturated carbocycles. The van der Waals surface area contributed by atoms with Gasteiger partial charge in [-0.3, -0.25) is 0 Å². The molecule has 2 rings (SSSR count). The highest BCUT2D eigenvalue weighted by Gasteiger charge is 2.23. The Morgan fingerprint density at radius 3 is 2.83 bits per heavy atom. The second-order valence-corrected chi connectivity index (χ2v) is 4.55. The third-order valence-electron chi connectivity index (χ3n) is 3.18. The molecule has 18 heavy (non-hydrogen) atoms. The van der Waals surface area contributed by atoms with E-state index in [0.29, 0.717) is 17.7 Å². The fraction of sp³-hybridized carbons (Fsp3) is 0.500. The Kier molecular flexibility index (Phi) is 4.20. The normalized spacial score (nSPS) is 23.4. The first kappa shape index (κ1) is 12.9. The van der Waals surface area contributed by atoms with Crippen molar-refractivity contribution in [2.75, 3.05) is 7.11 Å². The lowest BCUT2D eigenvalue weighted by atomic mass is 9.95. The van der Waals surface area contributed by atoms with Gasteiger partial charge in [0.25, 0.3) is 0 Å². The van der Waals surface area contributed by atoms with Crippen molar-refractivity contribution in [3.63, 3.8) is 0 Å². The van der Waals surface area contributed by atoms with Crippen LogP contribution in [0, 0.1) is 0 Å². The van der Waals surface area contributed by atoms with Gasteiger partial charge in [-0.15, -0.1) is 0 Å². The topological polar surface area (TPSA) is 55.8 Å². The summed E-state index contributed by atoms with van der Waals surface area (Å²) in [6, 6.07) is 7.03. The van der Waals surface area contributed by atoms with Crippen LogP contribution < -0.4 is 4.74 Å². The Morgan fingerprint density at radius 2 is 2.11 bits per heavy atom. The Hall–Kier alpha value is -1.55. The summed E-state index contributed by atoms with van der Waals surface area (Å²) < 4.78 is 10.5. The van der Waals surface area contributed by atoms with Gasteiger partial charge < -0.3 is 14.6 Å². The summed E-state index contributed by atoms with van der Waals surface area (Å²) in [4.78, 5) is 11.6. The van der Waals surface area contributed by atoms with Gasteiger partial charge in [-0.2, -0.15) is 0 Å². The van der Waals surface area contributed by atoms with E-state index in [0.717, 1.165) is 19.3 Å². The van der Waals surface area contributed by atoms with Gasteiger partial charge >= 0.3 is 5.97 Å². The third-order valence-corrected chi connectivity index (χ3v) is 3.18. The average molecular weight is 250 g/mol. The molecule has 2 unspecified atom stereocenters. The van der Waals surface area contributed by atoms with E-state index in [1.807, 2.05) is 6.07 Å². The molecular weight excluding hydrogens is 232 g/mol. The van der Waals surface area contributed by atoms with Crippen molar-refractivity contribution in [3.05, 3.63) is 29.8 Å². The summed E-state index contributed by atoms with van der Waals surface area (Å²) in [6.45, 7) is 0. The van der Waals surface area contributed by atoms with E-state index < -0.39 is 5.97 Å². The van der Waals surface area contributed by atoms with Gasteiger partial charge in [0.15, 0.2) is 0 Å². The van der Waals surface area contributed by atoms with Crippen LogP contribution in [-0.4, -0.2) is 30.4 Å². The fourth-order valence-electron chi connectivity index (χ4n) is 2.25. The van der Waals surface area contributed by atoms with E-state index in [1.165, 1.54) is 7.11 Å². The number of para-hydroxylation sites is 1. The summed E-state index contributed by atoms with van der Waals surface area (Å²) in [5.41, 5.74) is 0.431. The smallest absolute Gasteiger partial charge is 0.341 e. The van der Waals surface area contributed by atoms with E-state index in [-0.39, 0.29) is 12.2 Å². The molecule has 0 bridgehead atoms. The standard InChI is InChI=1S/C14H18O4/c1-17-14(16)12-7-2-3-8-13(12)18-11-6-4-5-10(15)9-11/h2-3,7-8,10-11,15H,4-6,9H2,1H3. The third kappa shape index (κ3) is 3.01. The largest absolute Gasteiger partial charge is 0.489 e. The van der Waals surface area contributed by atoms with Crippen LogP contribution in [0.25, 0.3) is 0 Å². The summed E-state index contributed by atoms with van der Waals surface area (Å²) in [5.74, 6) is 0.130. The van der Waals surface area contributed by atoms with Gasteiger partial charge in [0.2, 0.25) is 0 Å². The maximum absolute atomic E-state index is 11.6. The SMILES string of the molecule is COC(=O)c1ccccc1OC1CCCC(O)C1. The number of carbonyl (C=O) groups excluding carboxylic acids is 1. The monoisotopic (exact) mass is 250 g/mol. The lowest BCUT2D eigenvalue weighted by molar-refractivity contribution is 0.0498. The number of aliphatic hydroxyl groups excluding tert-OH is 1. The maximum atomic E-state index is 11.6. The Balaban J connectivity index is 2.10. The van der Waals surface area contributed by atoms with Gasteiger partial charge in [0.05, 0.1) is 13.2 Å². The number of hydrogen-bond acceptors (Lipinski definition) is 4. The molecule has 0 saturated heterocycles. The van der Waals surface area contributed by atoms with Gasteiger partial charge in [-0.1, -0.05) is 12.1 Å². The molecule has 4 heteroatoms. The van der Waals surface area contributed by atoms with Crippen LogP contribution in [0.5, 0.6) is 5.75 Å². The van der Waals surface area contributed by atoms with Crippen LogP contribution in [0.1, 0.15) is 36.0 Å². The maximum Gasteiger partial charge on any atom is 0.341 e. The van der Waals surface area contributed by atoms with Crippen LogP contribution >= 0.6 is 0 Å². The highest BCUT2D eigenvalue weighted by atomic mass is 16.5. The number of rotatable bonds is 3. The molecule has 1 aliphatic carbocycles. The zero-order chi connectivity index (χ0) is 13.0. The number of methoxy groups -OCH3 is 1. The van der Waals surface area contributed by atoms with E-state index in [9.17, 15) is 9.90 Å². The molecule has 0 spiro atoms. The average Bonchev–Trinajstić information content (AvgIpc) is 2.38. The zero-order valence-corrected chi connectivity index (χ0v) is 10.5. The van der Waals surface area contributed by atoms with Crippen molar-refractivity contribution in [2.45, 2.75) is 37.9 Å². The molecule has 98 valence electrons. The van der Waals surface area contributed by atoms with E-state index in [1.54, 1.807) is 18.2 Å². The molecule has 1 N–H and O–H groups in total. The van der Waals surface area contributed by atoms with E-state index >= 15 is 0 Å². The molecule has 0 heterocycles. The van der Waals surface area contributed by atoms with Gasteiger partial charge in [-0.25, -0.2) is 4.79 Å². The second kappa shape index (κ2) is 5.87. The number of carbonyl (C=O) groups is 1. The highest BCUT2D eigenvalue weighted by Crippen LogP contribution is 2.26. The first-order valence-electron chi connectivity index (χ1n) is 6.22. The minimum Gasteiger partial charge on any atom is -0.489 e. The molecule has 1 aromatic rings. The zero-order valence-electron chi connectivity index (χ0n) is 10.5. The predicted octanol–water partition coefficient (Wildman–Crippen LogP) is 2.16. The van der Waals surface area contributed by atoms with Crippen molar-refractivity contribution in [2.24, 2.45) is 0 Å². The Morgan fingerprint density at radius 1 is 1.33 bits per heavy atom. The van der Waals surface area contributed by atoms with Crippen molar-refractivity contribution in [1.82, 2.24) is 0 Å². The summed E-state index contributed by atoms with van der Waals surface area (Å²) in [6.07, 6.45) is 2.99. The minimum atomic E-state index is -0.401. The van der Waals surface area contributed by atoms with Crippen molar-refractivity contribution in [1.29, 1.82) is 0 Å².